The van der Waals surface area contributed by atoms with E-state index in [4.69, 9.17) is 0 Å². The molecular weight excluding hydrogens is 298 g/mol. The third-order valence-electron chi connectivity index (χ3n) is 2.02. The molecule has 0 atom stereocenters. The fourth-order valence-corrected chi connectivity index (χ4v) is 1.14. The molecule has 0 aromatic carbocycles. The second-order valence-electron chi connectivity index (χ2n) is 3.14. The van der Waals surface area contributed by atoms with E-state index >= 15 is 0 Å². The summed E-state index contributed by atoms with van der Waals surface area (Å²) in [6, 6.07) is 0. The molecule has 0 unspecified atom stereocenters. The Bertz CT molecular complexity index is 674. The van der Waals surface area contributed by atoms with Crippen molar-refractivity contribution in [3.05, 3.63) is 36.7 Å². The van der Waals surface area contributed by atoms with E-state index in [2.05, 4.69) is 35.8 Å². The Morgan fingerprint density at radius 3 is 1.90 bits per heavy atom. The Hall–Kier alpha value is -3.79. The van der Waals surface area contributed by atoms with Crippen LogP contribution in [0.2, 0.25) is 0 Å². The van der Waals surface area contributed by atoms with Crippen LogP contribution in [-0.4, -0.2) is 55.4 Å². The first-order valence-electron chi connectivity index (χ1n) is 4.65. The van der Waals surface area contributed by atoms with E-state index in [9.17, 15) is 30.3 Å². The number of nitrogens with zero attached hydrogens (tertiary/aromatic N) is 11. The number of tetrazole rings is 1. The molecule has 0 saturated carbocycles. The Balaban J connectivity index is 2.59. The van der Waals surface area contributed by atoms with Crippen molar-refractivity contribution in [1.82, 2.24) is 40.6 Å². The molecule has 2 aromatic rings. The third kappa shape index (κ3) is 1.93. The molecule has 0 aliphatic carbocycles. The lowest BCUT2D eigenvalue weighted by molar-refractivity contribution is -1.01. The van der Waals surface area contributed by atoms with Crippen LogP contribution in [0, 0.1) is 30.3 Å². The SMILES string of the molecule is O=[N+]([O-])C(n1nnc(-c2nncnn2)n1)([N+](=O)[O-])[N+](=O)[O-]. The molecule has 0 aliphatic rings. The first kappa shape index (κ1) is 13.6. The smallest absolute Gasteiger partial charge is 0.251 e. The zero-order valence-electron chi connectivity index (χ0n) is 9.45. The van der Waals surface area contributed by atoms with Gasteiger partial charge in [-0.2, -0.15) is 0 Å². The fraction of sp³-hybridized carbons (Fsp3) is 0.250. The molecule has 2 aromatic heterocycles. The quantitative estimate of drug-likeness (QED) is 0.311. The summed E-state index contributed by atoms with van der Waals surface area (Å²) < 4.78 is 0. The lowest BCUT2D eigenvalue weighted by Gasteiger charge is -2.04. The van der Waals surface area contributed by atoms with Gasteiger partial charge in [-0.05, 0) is 5.21 Å². The van der Waals surface area contributed by atoms with Gasteiger partial charge in [-0.25, -0.2) is 0 Å². The summed E-state index contributed by atoms with van der Waals surface area (Å²) in [4.78, 5) is 26.7. The van der Waals surface area contributed by atoms with Gasteiger partial charge < -0.3 is 0 Å². The van der Waals surface area contributed by atoms with E-state index in [1.54, 1.807) is 0 Å². The molecule has 2 heterocycles. The van der Waals surface area contributed by atoms with Gasteiger partial charge in [0.1, 0.15) is 0 Å². The summed E-state index contributed by atoms with van der Waals surface area (Å²) in [7, 11) is 0. The summed E-state index contributed by atoms with van der Waals surface area (Å²) in [6.07, 6.45) is 0.948. The van der Waals surface area contributed by atoms with Gasteiger partial charge in [0.2, 0.25) is 26.4 Å². The van der Waals surface area contributed by atoms with E-state index in [1.165, 1.54) is 0 Å². The predicted octanol–water partition coefficient (Wildman–Crippen LogP) is -2.68. The summed E-state index contributed by atoms with van der Waals surface area (Å²) in [5, 5.41) is 55.0. The molecule has 0 amide bonds. The van der Waals surface area contributed by atoms with E-state index in [-0.39, 0.29) is 10.6 Å². The Morgan fingerprint density at radius 2 is 1.43 bits per heavy atom. The van der Waals surface area contributed by atoms with Crippen molar-refractivity contribution in [1.29, 1.82) is 0 Å². The van der Waals surface area contributed by atoms with Gasteiger partial charge in [0, 0.05) is 0 Å². The first-order chi connectivity index (χ1) is 9.90. The number of hydrogen-bond donors (Lipinski definition) is 0. The van der Waals surface area contributed by atoms with Crippen molar-refractivity contribution >= 4 is 0 Å². The Morgan fingerprint density at radius 1 is 0.905 bits per heavy atom. The highest BCUT2D eigenvalue weighted by molar-refractivity contribution is 5.37. The van der Waals surface area contributed by atoms with Gasteiger partial charge >= 0.3 is 5.91 Å². The van der Waals surface area contributed by atoms with Crippen LogP contribution >= 0.6 is 0 Å². The molecule has 17 nitrogen and oxygen atoms in total. The van der Waals surface area contributed by atoms with Crippen LogP contribution in [-0.2, 0) is 5.91 Å². The van der Waals surface area contributed by atoms with Gasteiger partial charge in [0.25, 0.3) is 0 Å². The fourth-order valence-electron chi connectivity index (χ4n) is 1.14. The average Bonchev–Trinajstić information content (AvgIpc) is 2.89. The molecule has 0 bridgehead atoms. The molecule has 0 fully saturated rings. The van der Waals surface area contributed by atoms with Gasteiger partial charge in [-0.3, -0.25) is 30.3 Å². The topological polar surface area (TPSA) is 225 Å². The molecule has 21 heavy (non-hydrogen) atoms. The minimum absolute atomic E-state index is 0.376. The Labute approximate surface area is 111 Å². The highest BCUT2D eigenvalue weighted by Crippen LogP contribution is 2.18. The van der Waals surface area contributed by atoms with Crippen molar-refractivity contribution in [2.75, 3.05) is 0 Å². The van der Waals surface area contributed by atoms with Crippen molar-refractivity contribution < 1.29 is 14.8 Å². The maximum atomic E-state index is 10.8. The molecule has 0 saturated heterocycles. The summed E-state index contributed by atoms with van der Waals surface area (Å²) >= 11 is 0. The van der Waals surface area contributed by atoms with Crippen LogP contribution in [0.25, 0.3) is 11.6 Å². The molecule has 17 heteroatoms. The summed E-state index contributed by atoms with van der Waals surface area (Å²) in [5.74, 6) is -5.00. The number of hydrogen-bond acceptors (Lipinski definition) is 13. The maximum absolute atomic E-state index is 10.8. The van der Waals surface area contributed by atoms with Gasteiger partial charge in [-0.1, -0.05) is 0 Å². The van der Waals surface area contributed by atoms with Crippen molar-refractivity contribution in [3.8, 4) is 11.6 Å². The summed E-state index contributed by atoms with van der Waals surface area (Å²) in [6.45, 7) is 0. The molecule has 0 N–H and O–H groups in total. The zero-order valence-corrected chi connectivity index (χ0v) is 9.45. The highest BCUT2D eigenvalue weighted by Gasteiger charge is 2.76. The van der Waals surface area contributed by atoms with Crippen LogP contribution in [0.3, 0.4) is 0 Å². The molecule has 0 aliphatic heterocycles. The molecule has 2 rings (SSSR count). The Kier molecular flexibility index (Phi) is 3.06. The molecule has 0 radical (unpaired) electrons. The normalized spacial score (nSPS) is 11.0. The maximum Gasteiger partial charge on any atom is 0.837 e. The van der Waals surface area contributed by atoms with Crippen LogP contribution in [0.4, 0.5) is 0 Å². The van der Waals surface area contributed by atoms with E-state index in [1.807, 2.05) is 0 Å². The van der Waals surface area contributed by atoms with Gasteiger partial charge in [-0.15, -0.1) is 30.6 Å². The largest absolute Gasteiger partial charge is 0.837 e. The van der Waals surface area contributed by atoms with Crippen molar-refractivity contribution in [3.63, 3.8) is 0 Å². The van der Waals surface area contributed by atoms with Crippen molar-refractivity contribution in [2.24, 2.45) is 0 Å². The predicted molar refractivity (Wildman–Crippen MR) is 53.4 cm³/mol. The van der Waals surface area contributed by atoms with Gasteiger partial charge in [0.15, 0.2) is 6.33 Å². The minimum Gasteiger partial charge on any atom is -0.251 e. The zero-order chi connectivity index (χ0) is 15.6. The van der Waals surface area contributed by atoms with Crippen LogP contribution in [0.1, 0.15) is 0 Å². The first-order valence-corrected chi connectivity index (χ1v) is 4.65. The highest BCUT2D eigenvalue weighted by atomic mass is 16.7. The van der Waals surface area contributed by atoms with Crippen LogP contribution in [0.15, 0.2) is 6.33 Å². The average molecular weight is 299 g/mol. The summed E-state index contributed by atoms with van der Waals surface area (Å²) in [5.41, 5.74) is 0. The van der Waals surface area contributed by atoms with Crippen molar-refractivity contribution in [2.45, 2.75) is 5.91 Å². The van der Waals surface area contributed by atoms with E-state index in [0.29, 0.717) is 0 Å². The second-order valence-corrected chi connectivity index (χ2v) is 3.14. The van der Waals surface area contributed by atoms with Gasteiger partial charge in [0.05, 0.1) is 4.80 Å². The third-order valence-corrected chi connectivity index (χ3v) is 2.02. The monoisotopic (exact) mass is 299 g/mol. The molecular formula is C4HN11O6. The number of nitro groups is 3. The molecule has 0 spiro atoms. The lowest BCUT2D eigenvalue weighted by atomic mass is 10.6. The minimum atomic E-state index is -4.05. The standard InChI is InChI=1S/C4HN11O6/c16-13(17)4(14(18)19,15(20)21)12-10-3(9-11-12)2-7-5-1-6-8-2/h1H. The number of aromatic nitrogens is 8. The number of rotatable bonds is 5. The van der Waals surface area contributed by atoms with Crippen LogP contribution in [0.5, 0.6) is 0 Å². The van der Waals surface area contributed by atoms with E-state index in [0.717, 1.165) is 6.33 Å². The molecule has 108 valence electrons. The van der Waals surface area contributed by atoms with Crippen LogP contribution < -0.4 is 0 Å². The second kappa shape index (κ2) is 4.71. The lowest BCUT2D eigenvalue weighted by Crippen LogP contribution is -2.56. The van der Waals surface area contributed by atoms with E-state index < -0.39 is 26.5 Å².